The van der Waals surface area contributed by atoms with Gasteiger partial charge < -0.3 is 16.0 Å². The summed E-state index contributed by atoms with van der Waals surface area (Å²) in [5.41, 5.74) is 6.01. The minimum Gasteiger partial charge on any atom is -0.395 e. The summed E-state index contributed by atoms with van der Waals surface area (Å²) in [4.78, 5) is 13.5. The lowest BCUT2D eigenvalue weighted by atomic mass is 9.91. The van der Waals surface area contributed by atoms with E-state index in [0.29, 0.717) is 18.8 Å². The molecule has 1 amide bonds. The second-order valence-corrected chi connectivity index (χ2v) is 5.08. The molecule has 3 N–H and O–H groups in total. The molecule has 0 spiro atoms. The van der Waals surface area contributed by atoms with Crippen LogP contribution in [0.4, 0.5) is 20.2 Å². The molecule has 0 aromatic heterocycles. The van der Waals surface area contributed by atoms with Crippen LogP contribution >= 0.6 is 0 Å². The molecule has 0 aliphatic carbocycles. The van der Waals surface area contributed by atoms with Crippen molar-refractivity contribution in [3.05, 3.63) is 23.8 Å². The SMILES string of the molecule is Nc1c(F)cc(F)cc1N1CCCC2C(=O)NCC21. The molecule has 1 aromatic rings. The number of anilines is 2. The highest BCUT2D eigenvalue weighted by Crippen LogP contribution is 2.35. The lowest BCUT2D eigenvalue weighted by Crippen LogP contribution is -2.46. The molecular weight excluding hydrogens is 252 g/mol. The molecule has 2 aliphatic rings. The highest BCUT2D eigenvalue weighted by Gasteiger charge is 2.41. The summed E-state index contributed by atoms with van der Waals surface area (Å²) in [5, 5.41) is 2.80. The van der Waals surface area contributed by atoms with Gasteiger partial charge in [-0.2, -0.15) is 0 Å². The summed E-state index contributed by atoms with van der Waals surface area (Å²) < 4.78 is 26.9. The van der Waals surface area contributed by atoms with Gasteiger partial charge in [-0.25, -0.2) is 8.78 Å². The number of halogens is 2. The van der Waals surface area contributed by atoms with Crippen molar-refractivity contribution in [2.24, 2.45) is 5.92 Å². The Bertz CT molecular complexity index is 535. The summed E-state index contributed by atoms with van der Waals surface area (Å²) in [7, 11) is 0. The average Bonchev–Trinajstić information content (AvgIpc) is 2.76. The topological polar surface area (TPSA) is 58.4 Å². The molecule has 2 heterocycles. The molecule has 2 aliphatic heterocycles. The number of carbonyl (C=O) groups excluding carboxylic acids is 1. The summed E-state index contributed by atoms with van der Waals surface area (Å²) in [5.74, 6) is -1.50. The number of nitrogen functional groups attached to an aromatic ring is 1. The number of fused-ring (bicyclic) bond motifs is 1. The maximum Gasteiger partial charge on any atom is 0.225 e. The van der Waals surface area contributed by atoms with Crippen LogP contribution in [0.15, 0.2) is 12.1 Å². The highest BCUT2D eigenvalue weighted by atomic mass is 19.1. The fraction of sp³-hybridized carbons (Fsp3) is 0.462. The number of nitrogens with two attached hydrogens (primary N) is 1. The van der Waals surface area contributed by atoms with Crippen molar-refractivity contribution in [1.29, 1.82) is 0 Å². The predicted octanol–water partition coefficient (Wildman–Crippen LogP) is 1.26. The molecule has 0 saturated carbocycles. The molecule has 0 bridgehead atoms. The van der Waals surface area contributed by atoms with Gasteiger partial charge in [0.1, 0.15) is 5.82 Å². The van der Waals surface area contributed by atoms with Gasteiger partial charge in [0.05, 0.1) is 23.3 Å². The first-order valence-electron chi connectivity index (χ1n) is 6.37. The maximum atomic E-state index is 13.5. The molecule has 1 aromatic carbocycles. The lowest BCUT2D eigenvalue weighted by molar-refractivity contribution is -0.122. The van der Waals surface area contributed by atoms with Crippen LogP contribution in [0.25, 0.3) is 0 Å². The third-order valence-corrected chi connectivity index (χ3v) is 3.98. The normalized spacial score (nSPS) is 26.2. The van der Waals surface area contributed by atoms with Crippen molar-refractivity contribution < 1.29 is 13.6 Å². The van der Waals surface area contributed by atoms with Gasteiger partial charge in [-0.15, -0.1) is 0 Å². The quantitative estimate of drug-likeness (QED) is 0.753. The van der Waals surface area contributed by atoms with Gasteiger partial charge in [0.25, 0.3) is 0 Å². The van der Waals surface area contributed by atoms with Gasteiger partial charge in [-0.05, 0) is 18.9 Å². The molecule has 3 rings (SSSR count). The second-order valence-electron chi connectivity index (χ2n) is 5.08. The number of hydrogen-bond acceptors (Lipinski definition) is 3. The van der Waals surface area contributed by atoms with Crippen LogP contribution in [-0.2, 0) is 4.79 Å². The monoisotopic (exact) mass is 267 g/mol. The van der Waals surface area contributed by atoms with E-state index in [1.807, 2.05) is 4.90 Å². The minimum atomic E-state index is -0.755. The largest absolute Gasteiger partial charge is 0.395 e. The highest BCUT2D eigenvalue weighted by molar-refractivity contribution is 5.83. The molecule has 0 radical (unpaired) electrons. The van der Waals surface area contributed by atoms with E-state index in [1.54, 1.807) is 0 Å². The number of piperidine rings is 1. The van der Waals surface area contributed by atoms with Gasteiger partial charge in [0, 0.05) is 19.2 Å². The number of nitrogens with one attached hydrogen (secondary N) is 1. The fourth-order valence-corrected chi connectivity index (χ4v) is 3.06. The zero-order chi connectivity index (χ0) is 13.6. The third kappa shape index (κ3) is 1.91. The Morgan fingerprint density at radius 1 is 1.37 bits per heavy atom. The second kappa shape index (κ2) is 4.36. The summed E-state index contributed by atoms with van der Waals surface area (Å²) in [6.07, 6.45) is 1.62. The Kier molecular flexibility index (Phi) is 2.80. The predicted molar refractivity (Wildman–Crippen MR) is 67.6 cm³/mol. The molecular formula is C13H15F2N3O. The molecule has 2 atom stereocenters. The van der Waals surface area contributed by atoms with Gasteiger partial charge in [0.2, 0.25) is 5.91 Å². The van der Waals surface area contributed by atoms with E-state index in [9.17, 15) is 13.6 Å². The molecule has 102 valence electrons. The first-order valence-corrected chi connectivity index (χ1v) is 6.37. The van der Waals surface area contributed by atoms with E-state index in [4.69, 9.17) is 5.73 Å². The number of amides is 1. The Hall–Kier alpha value is -1.85. The standard InChI is InChI=1S/C13H15F2N3O/c14-7-4-9(15)12(16)10(5-7)18-3-1-2-8-11(18)6-17-13(8)19/h4-5,8,11H,1-3,6,16H2,(H,17,19). The van der Waals surface area contributed by atoms with Crippen LogP contribution in [0, 0.1) is 17.6 Å². The molecule has 2 fully saturated rings. The van der Waals surface area contributed by atoms with Crippen molar-refractivity contribution >= 4 is 17.3 Å². The van der Waals surface area contributed by atoms with E-state index < -0.39 is 11.6 Å². The van der Waals surface area contributed by atoms with Gasteiger partial charge in [-0.3, -0.25) is 4.79 Å². The van der Waals surface area contributed by atoms with Crippen molar-refractivity contribution in [2.75, 3.05) is 23.7 Å². The lowest BCUT2D eigenvalue weighted by Gasteiger charge is -2.38. The van der Waals surface area contributed by atoms with E-state index in [1.165, 1.54) is 6.07 Å². The molecule has 6 heteroatoms. The smallest absolute Gasteiger partial charge is 0.225 e. The van der Waals surface area contributed by atoms with Crippen LogP contribution in [-0.4, -0.2) is 25.0 Å². The average molecular weight is 267 g/mol. The van der Waals surface area contributed by atoms with Gasteiger partial charge in [0.15, 0.2) is 5.82 Å². The zero-order valence-electron chi connectivity index (χ0n) is 10.3. The zero-order valence-corrected chi connectivity index (χ0v) is 10.3. The van der Waals surface area contributed by atoms with Crippen LogP contribution in [0.2, 0.25) is 0 Å². The first kappa shape index (κ1) is 12.2. The number of hydrogen-bond donors (Lipinski definition) is 2. The molecule has 2 saturated heterocycles. The molecule has 4 nitrogen and oxygen atoms in total. The van der Waals surface area contributed by atoms with Crippen molar-refractivity contribution in [2.45, 2.75) is 18.9 Å². The van der Waals surface area contributed by atoms with E-state index in [0.717, 1.165) is 18.9 Å². The first-order chi connectivity index (χ1) is 9.08. The van der Waals surface area contributed by atoms with Gasteiger partial charge in [-0.1, -0.05) is 0 Å². The molecule has 19 heavy (non-hydrogen) atoms. The van der Waals surface area contributed by atoms with Gasteiger partial charge >= 0.3 is 0 Å². The van der Waals surface area contributed by atoms with Crippen LogP contribution in [0.5, 0.6) is 0 Å². The third-order valence-electron chi connectivity index (χ3n) is 3.98. The van der Waals surface area contributed by atoms with Crippen molar-refractivity contribution in [3.8, 4) is 0 Å². The Morgan fingerprint density at radius 2 is 2.16 bits per heavy atom. The summed E-state index contributed by atoms with van der Waals surface area (Å²) in [6.45, 7) is 1.16. The number of benzene rings is 1. The fourth-order valence-electron chi connectivity index (χ4n) is 3.06. The Labute approximate surface area is 109 Å². The summed E-state index contributed by atoms with van der Waals surface area (Å²) in [6, 6.07) is 1.95. The van der Waals surface area contributed by atoms with Crippen LogP contribution in [0.1, 0.15) is 12.8 Å². The van der Waals surface area contributed by atoms with Crippen LogP contribution in [0.3, 0.4) is 0 Å². The molecule has 2 unspecified atom stereocenters. The van der Waals surface area contributed by atoms with E-state index >= 15 is 0 Å². The van der Waals surface area contributed by atoms with Crippen LogP contribution < -0.4 is 16.0 Å². The number of nitrogens with zero attached hydrogens (tertiary/aromatic N) is 1. The van der Waals surface area contributed by atoms with E-state index in [-0.39, 0.29) is 23.6 Å². The van der Waals surface area contributed by atoms with E-state index in [2.05, 4.69) is 5.32 Å². The Balaban J connectivity index is 2.00. The number of carbonyl (C=O) groups is 1. The maximum absolute atomic E-state index is 13.5. The minimum absolute atomic E-state index is 0.0187. The van der Waals surface area contributed by atoms with Crippen molar-refractivity contribution in [1.82, 2.24) is 5.32 Å². The summed E-state index contributed by atoms with van der Waals surface area (Å²) >= 11 is 0. The Morgan fingerprint density at radius 3 is 2.95 bits per heavy atom. The van der Waals surface area contributed by atoms with Crippen molar-refractivity contribution in [3.63, 3.8) is 0 Å². The number of rotatable bonds is 1.